The van der Waals surface area contributed by atoms with Crippen LogP contribution >= 0.6 is 0 Å². The van der Waals surface area contributed by atoms with Crippen LogP contribution in [0.25, 0.3) is 0 Å². The van der Waals surface area contributed by atoms with Crippen LogP contribution in [-0.2, 0) is 12.0 Å². The van der Waals surface area contributed by atoms with Crippen molar-refractivity contribution in [2.24, 2.45) is 0 Å². The van der Waals surface area contributed by atoms with Gasteiger partial charge in [0.15, 0.2) is 0 Å². The van der Waals surface area contributed by atoms with Gasteiger partial charge in [0.2, 0.25) is 0 Å². The molecule has 2 rings (SSSR count). The maximum absolute atomic E-state index is 12.9. The highest BCUT2D eigenvalue weighted by atomic mass is 19.1. The van der Waals surface area contributed by atoms with Gasteiger partial charge in [0.05, 0.1) is 18.9 Å². The van der Waals surface area contributed by atoms with Crippen molar-refractivity contribution < 1.29 is 14.2 Å². The van der Waals surface area contributed by atoms with E-state index in [1.54, 1.807) is 44.6 Å². The van der Waals surface area contributed by atoms with Crippen LogP contribution in [0, 0.1) is 5.82 Å². The fraction of sp³-hybridized carbons (Fsp3) is 0.267. The highest BCUT2D eigenvalue weighted by molar-refractivity contribution is 5.30. The zero-order chi connectivity index (χ0) is 13.9. The van der Waals surface area contributed by atoms with Gasteiger partial charge in [-0.25, -0.2) is 4.39 Å². The standard InChI is InChI=1S/C15H16FNO2/c1-15(18,8-11-3-5-13(16)6-4-11)12-7-14(19-2)10-17-9-12/h3-7,9-10,18H,8H2,1-2H3. The number of methoxy groups -OCH3 is 1. The Kier molecular flexibility index (Phi) is 3.81. The van der Waals surface area contributed by atoms with Crippen LogP contribution in [0.5, 0.6) is 5.75 Å². The fourth-order valence-corrected chi connectivity index (χ4v) is 1.93. The summed E-state index contributed by atoms with van der Waals surface area (Å²) in [4.78, 5) is 4.03. The summed E-state index contributed by atoms with van der Waals surface area (Å²) in [6, 6.07) is 7.84. The van der Waals surface area contributed by atoms with E-state index in [-0.39, 0.29) is 5.82 Å². The summed E-state index contributed by atoms with van der Waals surface area (Å²) in [7, 11) is 1.55. The molecule has 19 heavy (non-hydrogen) atoms. The fourth-order valence-electron chi connectivity index (χ4n) is 1.93. The topological polar surface area (TPSA) is 42.4 Å². The van der Waals surface area contributed by atoms with Gasteiger partial charge in [-0.05, 0) is 30.7 Å². The van der Waals surface area contributed by atoms with Gasteiger partial charge in [-0.15, -0.1) is 0 Å². The van der Waals surface area contributed by atoms with Crippen molar-refractivity contribution in [1.29, 1.82) is 0 Å². The van der Waals surface area contributed by atoms with Gasteiger partial charge in [-0.3, -0.25) is 4.98 Å². The van der Waals surface area contributed by atoms with Crippen molar-refractivity contribution >= 4 is 0 Å². The molecule has 2 aromatic rings. The Morgan fingerprint density at radius 2 is 1.95 bits per heavy atom. The second kappa shape index (κ2) is 5.36. The Morgan fingerprint density at radius 3 is 2.58 bits per heavy atom. The quantitative estimate of drug-likeness (QED) is 0.920. The van der Waals surface area contributed by atoms with Gasteiger partial charge < -0.3 is 9.84 Å². The molecule has 0 radical (unpaired) electrons. The Labute approximate surface area is 111 Å². The zero-order valence-corrected chi connectivity index (χ0v) is 10.9. The molecular weight excluding hydrogens is 245 g/mol. The van der Waals surface area contributed by atoms with E-state index in [1.807, 2.05) is 0 Å². The van der Waals surface area contributed by atoms with Crippen LogP contribution in [0.3, 0.4) is 0 Å². The molecule has 1 N–H and O–H groups in total. The average Bonchev–Trinajstić information content (AvgIpc) is 2.41. The summed E-state index contributed by atoms with van der Waals surface area (Å²) in [6.07, 6.45) is 3.56. The maximum atomic E-state index is 12.9. The van der Waals surface area contributed by atoms with Crippen molar-refractivity contribution in [1.82, 2.24) is 4.98 Å². The lowest BCUT2D eigenvalue weighted by Crippen LogP contribution is -2.24. The predicted octanol–water partition coefficient (Wildman–Crippen LogP) is 2.68. The highest BCUT2D eigenvalue weighted by Gasteiger charge is 2.24. The number of benzene rings is 1. The van der Waals surface area contributed by atoms with E-state index in [9.17, 15) is 9.50 Å². The number of rotatable bonds is 4. The highest BCUT2D eigenvalue weighted by Crippen LogP contribution is 2.27. The van der Waals surface area contributed by atoms with Crippen molar-refractivity contribution in [2.45, 2.75) is 18.9 Å². The maximum Gasteiger partial charge on any atom is 0.137 e. The number of aliphatic hydroxyl groups is 1. The molecule has 1 aromatic heterocycles. The molecule has 0 spiro atoms. The van der Waals surface area contributed by atoms with Gasteiger partial charge >= 0.3 is 0 Å². The number of hydrogen-bond acceptors (Lipinski definition) is 3. The molecule has 0 aliphatic carbocycles. The summed E-state index contributed by atoms with van der Waals surface area (Å²) in [5.74, 6) is 0.309. The molecule has 0 bridgehead atoms. The first-order valence-corrected chi connectivity index (χ1v) is 5.97. The van der Waals surface area contributed by atoms with Crippen molar-refractivity contribution in [3.8, 4) is 5.75 Å². The summed E-state index contributed by atoms with van der Waals surface area (Å²) >= 11 is 0. The predicted molar refractivity (Wildman–Crippen MR) is 70.5 cm³/mol. The molecular formula is C15H16FNO2. The van der Waals surface area contributed by atoms with Crippen molar-refractivity contribution in [3.63, 3.8) is 0 Å². The largest absolute Gasteiger partial charge is 0.495 e. The summed E-state index contributed by atoms with van der Waals surface area (Å²) < 4.78 is 17.9. The van der Waals surface area contributed by atoms with Gasteiger partial charge in [0.1, 0.15) is 11.6 Å². The molecule has 1 heterocycles. The summed E-state index contributed by atoms with van der Waals surface area (Å²) in [6.45, 7) is 1.70. The lowest BCUT2D eigenvalue weighted by atomic mass is 9.90. The van der Waals surface area contributed by atoms with Crippen LogP contribution in [0.1, 0.15) is 18.1 Å². The molecule has 0 saturated carbocycles. The third kappa shape index (κ3) is 3.29. The number of ether oxygens (including phenoxy) is 1. The molecule has 0 saturated heterocycles. The summed E-state index contributed by atoms with van der Waals surface area (Å²) in [5.41, 5.74) is 0.435. The number of hydrogen-bond donors (Lipinski definition) is 1. The van der Waals surface area contributed by atoms with E-state index in [4.69, 9.17) is 4.74 Å². The number of pyridine rings is 1. The lowest BCUT2D eigenvalue weighted by molar-refractivity contribution is 0.0570. The number of halogens is 1. The van der Waals surface area contributed by atoms with E-state index < -0.39 is 5.60 Å². The van der Waals surface area contributed by atoms with E-state index in [0.717, 1.165) is 5.56 Å². The molecule has 100 valence electrons. The van der Waals surface area contributed by atoms with Crippen LogP contribution in [0.15, 0.2) is 42.7 Å². The normalized spacial score (nSPS) is 13.9. The van der Waals surface area contributed by atoms with Crippen LogP contribution in [-0.4, -0.2) is 17.2 Å². The molecule has 0 aliphatic rings. The molecule has 1 atom stereocenters. The molecule has 0 aliphatic heterocycles. The van der Waals surface area contributed by atoms with E-state index in [1.165, 1.54) is 12.1 Å². The van der Waals surface area contributed by atoms with Crippen LogP contribution in [0.4, 0.5) is 4.39 Å². The summed E-state index contributed by atoms with van der Waals surface area (Å²) in [5, 5.41) is 10.5. The van der Waals surface area contributed by atoms with Gasteiger partial charge in [-0.1, -0.05) is 12.1 Å². The zero-order valence-electron chi connectivity index (χ0n) is 10.9. The third-order valence-electron chi connectivity index (χ3n) is 3.03. The van der Waals surface area contributed by atoms with Gasteiger partial charge in [0.25, 0.3) is 0 Å². The average molecular weight is 261 g/mol. The van der Waals surface area contributed by atoms with E-state index >= 15 is 0 Å². The molecule has 3 nitrogen and oxygen atoms in total. The second-order valence-corrected chi connectivity index (χ2v) is 4.69. The lowest BCUT2D eigenvalue weighted by Gasteiger charge is -2.24. The number of nitrogens with zero attached hydrogens (tertiary/aromatic N) is 1. The van der Waals surface area contributed by atoms with Crippen molar-refractivity contribution in [3.05, 3.63) is 59.7 Å². The smallest absolute Gasteiger partial charge is 0.137 e. The Morgan fingerprint density at radius 1 is 1.26 bits per heavy atom. The van der Waals surface area contributed by atoms with E-state index in [0.29, 0.717) is 17.7 Å². The molecule has 4 heteroatoms. The van der Waals surface area contributed by atoms with Crippen LogP contribution in [0.2, 0.25) is 0 Å². The van der Waals surface area contributed by atoms with Crippen molar-refractivity contribution in [2.75, 3.05) is 7.11 Å². The first kappa shape index (κ1) is 13.5. The molecule has 0 fully saturated rings. The third-order valence-corrected chi connectivity index (χ3v) is 3.03. The Balaban J connectivity index is 2.23. The minimum Gasteiger partial charge on any atom is -0.495 e. The molecule has 1 unspecified atom stereocenters. The Bertz CT molecular complexity index is 552. The second-order valence-electron chi connectivity index (χ2n) is 4.69. The molecule has 0 amide bonds. The monoisotopic (exact) mass is 261 g/mol. The first-order valence-electron chi connectivity index (χ1n) is 5.97. The van der Waals surface area contributed by atoms with Gasteiger partial charge in [0, 0.05) is 18.2 Å². The first-order chi connectivity index (χ1) is 9.01. The van der Waals surface area contributed by atoms with Crippen LogP contribution < -0.4 is 4.74 Å². The van der Waals surface area contributed by atoms with E-state index in [2.05, 4.69) is 4.98 Å². The Hall–Kier alpha value is -1.94. The SMILES string of the molecule is COc1cncc(C(C)(O)Cc2ccc(F)cc2)c1. The number of aromatic nitrogens is 1. The van der Waals surface area contributed by atoms with Gasteiger partial charge in [-0.2, -0.15) is 0 Å². The minimum atomic E-state index is -1.08. The minimum absolute atomic E-state index is 0.286. The molecule has 1 aromatic carbocycles.